The van der Waals surface area contributed by atoms with E-state index in [-0.39, 0.29) is 41.2 Å². The van der Waals surface area contributed by atoms with Crippen molar-refractivity contribution in [2.45, 2.75) is 11.4 Å². The summed E-state index contributed by atoms with van der Waals surface area (Å²) in [5, 5.41) is 5.24. The number of rotatable bonds is 4. The summed E-state index contributed by atoms with van der Waals surface area (Å²) in [6.07, 6.45) is 0. The minimum Gasteiger partial charge on any atom is -0.370 e. The third kappa shape index (κ3) is 5.55. The number of hydrogen-bond donors (Lipinski definition) is 2. The molecule has 0 bridgehead atoms. The summed E-state index contributed by atoms with van der Waals surface area (Å²) in [6, 6.07) is 12.9. The van der Waals surface area contributed by atoms with Gasteiger partial charge in [0.25, 0.3) is 0 Å². The fourth-order valence-electron chi connectivity index (χ4n) is 3.02. The molecule has 4 N–H and O–H groups in total. The number of piperazine rings is 1. The maximum atomic E-state index is 13.0. The Hall–Kier alpha value is -1.92. The first-order valence-electron chi connectivity index (χ1n) is 8.51. The Morgan fingerprint density at radius 3 is 2.25 bits per heavy atom. The summed E-state index contributed by atoms with van der Waals surface area (Å²) in [4.78, 5) is 8.49. The van der Waals surface area contributed by atoms with E-state index in [1.807, 2.05) is 4.90 Å². The Bertz CT molecular complexity index is 929. The number of halogens is 2. The zero-order valence-electron chi connectivity index (χ0n) is 15.2. The second-order valence-corrected chi connectivity index (χ2v) is 7.81. The lowest BCUT2D eigenvalue weighted by Gasteiger charge is -2.36. The molecule has 0 amide bonds. The zero-order valence-corrected chi connectivity index (χ0v) is 18.3. The van der Waals surface area contributed by atoms with Gasteiger partial charge in [-0.15, -0.1) is 24.0 Å². The van der Waals surface area contributed by atoms with E-state index < -0.39 is 10.0 Å². The summed E-state index contributed by atoms with van der Waals surface area (Å²) in [5.41, 5.74) is 7.56. The van der Waals surface area contributed by atoms with E-state index in [0.29, 0.717) is 24.6 Å². The predicted octanol–water partition coefficient (Wildman–Crippen LogP) is 1.73. The van der Waals surface area contributed by atoms with Crippen LogP contribution in [0.1, 0.15) is 5.56 Å². The van der Waals surface area contributed by atoms with Crippen molar-refractivity contribution in [3.05, 3.63) is 59.9 Å². The summed E-state index contributed by atoms with van der Waals surface area (Å²) >= 11 is 0. The SMILES string of the molecule is I.NC(=NCc1ccccc1S(N)(=O)=O)N1CCN(c2ccc(F)cc2)CC1. The second-order valence-electron chi connectivity index (χ2n) is 6.28. The highest BCUT2D eigenvalue weighted by Gasteiger charge is 2.19. The highest BCUT2D eigenvalue weighted by Crippen LogP contribution is 2.17. The first-order chi connectivity index (χ1) is 12.8. The topological polar surface area (TPSA) is 105 Å². The molecule has 1 aliphatic heterocycles. The van der Waals surface area contributed by atoms with Gasteiger partial charge in [-0.25, -0.2) is 22.9 Å². The Balaban J connectivity index is 0.00000280. The minimum absolute atomic E-state index is 0. The normalized spacial score (nSPS) is 15.3. The van der Waals surface area contributed by atoms with Crippen LogP contribution >= 0.6 is 24.0 Å². The third-order valence-corrected chi connectivity index (χ3v) is 5.50. The highest BCUT2D eigenvalue weighted by atomic mass is 127. The number of hydrogen-bond acceptors (Lipinski definition) is 4. The second kappa shape index (κ2) is 9.52. The monoisotopic (exact) mass is 519 g/mol. The van der Waals surface area contributed by atoms with Crippen LogP contribution in [0.3, 0.4) is 0 Å². The van der Waals surface area contributed by atoms with Crippen molar-refractivity contribution in [3.63, 3.8) is 0 Å². The van der Waals surface area contributed by atoms with Gasteiger partial charge in [0.2, 0.25) is 10.0 Å². The van der Waals surface area contributed by atoms with Crippen molar-refractivity contribution >= 4 is 45.6 Å². The quantitative estimate of drug-likeness (QED) is 0.364. The first-order valence-corrected chi connectivity index (χ1v) is 10.1. The highest BCUT2D eigenvalue weighted by molar-refractivity contribution is 14.0. The average molecular weight is 519 g/mol. The van der Waals surface area contributed by atoms with Crippen LogP contribution in [0.2, 0.25) is 0 Å². The number of nitrogens with two attached hydrogens (primary N) is 2. The molecule has 0 unspecified atom stereocenters. The molecule has 0 atom stereocenters. The standard InChI is InChI=1S/C18H22FN5O2S.HI/c19-15-5-7-16(8-6-15)23-9-11-24(12-10-23)18(20)22-13-14-3-1-2-4-17(14)27(21,25)26;/h1-8H,9-13H2,(H2,20,22)(H2,21,25,26);1H. The van der Waals surface area contributed by atoms with Crippen LogP contribution in [0.15, 0.2) is 58.4 Å². The average Bonchev–Trinajstić information content (AvgIpc) is 2.66. The zero-order chi connectivity index (χ0) is 19.4. The molecule has 2 aromatic rings. The first kappa shape index (κ1) is 22.4. The molecule has 28 heavy (non-hydrogen) atoms. The lowest BCUT2D eigenvalue weighted by Crippen LogP contribution is -2.51. The van der Waals surface area contributed by atoms with Gasteiger partial charge in [-0.1, -0.05) is 18.2 Å². The van der Waals surface area contributed by atoms with E-state index in [2.05, 4.69) is 9.89 Å². The van der Waals surface area contributed by atoms with Crippen LogP contribution in [0.25, 0.3) is 0 Å². The van der Waals surface area contributed by atoms with E-state index in [0.717, 1.165) is 18.8 Å². The van der Waals surface area contributed by atoms with E-state index in [4.69, 9.17) is 10.9 Å². The number of anilines is 1. The fourth-order valence-corrected chi connectivity index (χ4v) is 3.79. The molecular formula is C18H23FIN5O2S. The predicted molar refractivity (Wildman–Crippen MR) is 119 cm³/mol. The van der Waals surface area contributed by atoms with E-state index in [9.17, 15) is 12.8 Å². The molecule has 1 fully saturated rings. The molecule has 0 radical (unpaired) electrons. The lowest BCUT2D eigenvalue weighted by molar-refractivity contribution is 0.380. The van der Waals surface area contributed by atoms with Gasteiger partial charge in [-0.2, -0.15) is 0 Å². The van der Waals surface area contributed by atoms with Gasteiger partial charge in [-0.05, 0) is 35.9 Å². The molecule has 7 nitrogen and oxygen atoms in total. The van der Waals surface area contributed by atoms with Crippen LogP contribution < -0.4 is 15.8 Å². The molecule has 1 aliphatic rings. The van der Waals surface area contributed by atoms with Gasteiger partial charge < -0.3 is 15.5 Å². The van der Waals surface area contributed by atoms with Crippen molar-refractivity contribution in [2.24, 2.45) is 15.9 Å². The molecule has 1 saturated heterocycles. The number of aliphatic imine (C=N–C) groups is 1. The molecule has 1 heterocycles. The Labute approximate surface area is 181 Å². The fraction of sp³-hybridized carbons (Fsp3) is 0.278. The summed E-state index contributed by atoms with van der Waals surface area (Å²) in [7, 11) is -3.80. The van der Waals surface area contributed by atoms with Crippen LogP contribution in [-0.2, 0) is 16.6 Å². The Morgan fingerprint density at radius 1 is 1.04 bits per heavy atom. The van der Waals surface area contributed by atoms with Gasteiger partial charge >= 0.3 is 0 Å². The Morgan fingerprint density at radius 2 is 1.64 bits per heavy atom. The van der Waals surface area contributed by atoms with Crippen LogP contribution in [0.5, 0.6) is 0 Å². The van der Waals surface area contributed by atoms with Crippen molar-refractivity contribution in [1.82, 2.24) is 4.90 Å². The van der Waals surface area contributed by atoms with Gasteiger partial charge in [0, 0.05) is 31.9 Å². The number of primary sulfonamides is 1. The smallest absolute Gasteiger partial charge is 0.238 e. The lowest BCUT2D eigenvalue weighted by atomic mass is 10.2. The van der Waals surface area contributed by atoms with Crippen LogP contribution in [-0.4, -0.2) is 45.5 Å². The molecule has 152 valence electrons. The number of guanidine groups is 1. The van der Waals surface area contributed by atoms with Gasteiger partial charge in [0.1, 0.15) is 5.82 Å². The molecule has 10 heteroatoms. The maximum absolute atomic E-state index is 13.0. The van der Waals surface area contributed by atoms with Crippen molar-refractivity contribution in [2.75, 3.05) is 31.1 Å². The van der Waals surface area contributed by atoms with Gasteiger partial charge in [-0.3, -0.25) is 0 Å². The van der Waals surface area contributed by atoms with Crippen molar-refractivity contribution in [3.8, 4) is 0 Å². The summed E-state index contributed by atoms with van der Waals surface area (Å²) in [6.45, 7) is 2.94. The van der Waals surface area contributed by atoms with Gasteiger partial charge in [0.15, 0.2) is 5.96 Å². The summed E-state index contributed by atoms with van der Waals surface area (Å²) < 4.78 is 36.3. The molecule has 2 aromatic carbocycles. The Kier molecular flexibility index (Phi) is 7.61. The largest absolute Gasteiger partial charge is 0.370 e. The molecule has 3 rings (SSSR count). The van der Waals surface area contributed by atoms with Crippen molar-refractivity contribution in [1.29, 1.82) is 0 Å². The molecule has 0 aromatic heterocycles. The molecule has 0 saturated carbocycles. The van der Waals surface area contributed by atoms with E-state index in [1.165, 1.54) is 18.2 Å². The van der Waals surface area contributed by atoms with Crippen LogP contribution in [0, 0.1) is 5.82 Å². The number of sulfonamides is 1. The molecule has 0 spiro atoms. The van der Waals surface area contributed by atoms with Crippen molar-refractivity contribution < 1.29 is 12.8 Å². The molecule has 0 aliphatic carbocycles. The number of benzene rings is 2. The third-order valence-electron chi connectivity index (χ3n) is 4.49. The van der Waals surface area contributed by atoms with E-state index in [1.54, 1.807) is 30.3 Å². The minimum atomic E-state index is -3.80. The maximum Gasteiger partial charge on any atom is 0.238 e. The number of nitrogens with zero attached hydrogens (tertiary/aromatic N) is 3. The van der Waals surface area contributed by atoms with E-state index >= 15 is 0 Å². The van der Waals surface area contributed by atoms with Crippen LogP contribution in [0.4, 0.5) is 10.1 Å². The van der Waals surface area contributed by atoms with Gasteiger partial charge in [0.05, 0.1) is 11.4 Å². The summed E-state index contributed by atoms with van der Waals surface area (Å²) in [5.74, 6) is 0.103. The molecular weight excluding hydrogens is 496 g/mol.